The van der Waals surface area contributed by atoms with Crippen molar-refractivity contribution in [3.63, 3.8) is 0 Å². The highest BCUT2D eigenvalue weighted by Gasteiger charge is 2.51. The number of ether oxygens (including phenoxy) is 1. The standard InChI is InChI=1S/C24H28N2O2S/c1-16-25-21(15-29-16)14-28-22-5-3-2-4-20(22)6-7-23(27)26-24-11-17-8-18(12-24)10-19(9-17)13-24/h2-7,15,17-19H,8-14H2,1H3,(H,26,27). The zero-order chi connectivity index (χ0) is 19.8. The molecule has 0 spiro atoms. The lowest BCUT2D eigenvalue weighted by atomic mass is 9.53. The maximum absolute atomic E-state index is 12.7. The zero-order valence-corrected chi connectivity index (χ0v) is 17.7. The fraction of sp³-hybridized carbons (Fsp3) is 0.500. The summed E-state index contributed by atoms with van der Waals surface area (Å²) in [5, 5.41) is 6.46. The van der Waals surface area contributed by atoms with Gasteiger partial charge in [0.05, 0.1) is 10.7 Å². The third-order valence-electron chi connectivity index (χ3n) is 6.80. The van der Waals surface area contributed by atoms with Gasteiger partial charge in [0.15, 0.2) is 0 Å². The number of amides is 1. The molecule has 0 radical (unpaired) electrons. The van der Waals surface area contributed by atoms with E-state index in [-0.39, 0.29) is 11.4 Å². The Morgan fingerprint density at radius 2 is 1.90 bits per heavy atom. The molecular formula is C24H28N2O2S. The fourth-order valence-electron chi connectivity index (χ4n) is 6.11. The van der Waals surface area contributed by atoms with Gasteiger partial charge in [0.1, 0.15) is 12.4 Å². The minimum atomic E-state index is 0.0249. The molecule has 29 heavy (non-hydrogen) atoms. The summed E-state index contributed by atoms with van der Waals surface area (Å²) in [4.78, 5) is 17.2. The summed E-state index contributed by atoms with van der Waals surface area (Å²) >= 11 is 1.63. The molecule has 4 aliphatic carbocycles. The molecule has 1 aromatic carbocycles. The highest BCUT2D eigenvalue weighted by molar-refractivity contribution is 7.09. The van der Waals surface area contributed by atoms with Crippen LogP contribution < -0.4 is 10.1 Å². The molecule has 4 fully saturated rings. The predicted molar refractivity (Wildman–Crippen MR) is 116 cm³/mol. The average molecular weight is 409 g/mol. The molecule has 5 heteroatoms. The van der Waals surface area contributed by atoms with E-state index in [0.717, 1.165) is 39.8 Å². The smallest absolute Gasteiger partial charge is 0.244 e. The van der Waals surface area contributed by atoms with Gasteiger partial charge in [0.25, 0.3) is 0 Å². The summed E-state index contributed by atoms with van der Waals surface area (Å²) in [6, 6.07) is 7.84. The molecule has 0 unspecified atom stereocenters. The molecule has 4 saturated carbocycles. The predicted octanol–water partition coefficient (Wildman–Crippen LogP) is 5.13. The Hall–Kier alpha value is -2.14. The maximum atomic E-state index is 12.7. The number of carbonyl (C=O) groups excluding carboxylic acids is 1. The Bertz CT molecular complexity index is 897. The molecule has 4 bridgehead atoms. The monoisotopic (exact) mass is 408 g/mol. The Balaban J connectivity index is 1.24. The minimum absolute atomic E-state index is 0.0249. The number of nitrogens with zero attached hydrogens (tertiary/aromatic N) is 1. The number of benzene rings is 1. The van der Waals surface area contributed by atoms with E-state index >= 15 is 0 Å². The SMILES string of the molecule is Cc1nc(COc2ccccc2C=CC(=O)NC23CC4CC(CC(C4)C2)C3)cs1. The summed E-state index contributed by atoms with van der Waals surface area (Å²) in [5.74, 6) is 3.28. The lowest BCUT2D eigenvalue weighted by molar-refractivity contribution is -0.122. The molecule has 1 aromatic heterocycles. The quantitative estimate of drug-likeness (QED) is 0.674. The van der Waals surface area contributed by atoms with Crippen LogP contribution in [0.15, 0.2) is 35.7 Å². The third kappa shape index (κ3) is 4.11. The van der Waals surface area contributed by atoms with E-state index in [9.17, 15) is 4.79 Å². The number of aromatic nitrogens is 1. The molecular weight excluding hydrogens is 380 g/mol. The van der Waals surface area contributed by atoms with Gasteiger partial charge in [0, 0.05) is 22.6 Å². The zero-order valence-electron chi connectivity index (χ0n) is 16.9. The second-order valence-electron chi connectivity index (χ2n) is 9.20. The van der Waals surface area contributed by atoms with E-state index in [1.54, 1.807) is 17.4 Å². The third-order valence-corrected chi connectivity index (χ3v) is 7.62. The molecule has 6 rings (SSSR count). The fourth-order valence-corrected chi connectivity index (χ4v) is 6.71. The molecule has 1 heterocycles. The molecule has 1 amide bonds. The number of thiazole rings is 1. The molecule has 0 atom stereocenters. The first kappa shape index (κ1) is 18.9. The molecule has 0 aliphatic heterocycles. The normalized spacial score (nSPS) is 30.0. The Morgan fingerprint density at radius 1 is 1.21 bits per heavy atom. The van der Waals surface area contributed by atoms with Crippen molar-refractivity contribution < 1.29 is 9.53 Å². The average Bonchev–Trinajstić information content (AvgIpc) is 3.09. The van der Waals surface area contributed by atoms with E-state index in [1.165, 1.54) is 38.5 Å². The van der Waals surface area contributed by atoms with Crippen molar-refractivity contribution in [3.05, 3.63) is 52.0 Å². The van der Waals surface area contributed by atoms with E-state index < -0.39 is 0 Å². The Labute approximate surface area is 176 Å². The van der Waals surface area contributed by atoms with Crippen molar-refractivity contribution >= 4 is 23.3 Å². The summed E-state index contributed by atoms with van der Waals surface area (Å²) in [7, 11) is 0. The van der Waals surface area contributed by atoms with Crippen LogP contribution in [-0.4, -0.2) is 16.4 Å². The van der Waals surface area contributed by atoms with Crippen molar-refractivity contribution in [1.29, 1.82) is 0 Å². The highest BCUT2D eigenvalue weighted by Crippen LogP contribution is 2.55. The van der Waals surface area contributed by atoms with E-state index in [2.05, 4.69) is 10.3 Å². The first-order valence-electron chi connectivity index (χ1n) is 10.7. The van der Waals surface area contributed by atoms with Gasteiger partial charge in [-0.25, -0.2) is 4.98 Å². The van der Waals surface area contributed by atoms with Crippen molar-refractivity contribution in [1.82, 2.24) is 10.3 Å². The second-order valence-corrected chi connectivity index (χ2v) is 10.3. The molecule has 152 valence electrons. The number of carbonyl (C=O) groups is 1. The van der Waals surface area contributed by atoms with Crippen LogP contribution >= 0.6 is 11.3 Å². The number of aryl methyl sites for hydroxylation is 1. The van der Waals surface area contributed by atoms with Crippen molar-refractivity contribution in [2.45, 2.75) is 57.6 Å². The van der Waals surface area contributed by atoms with Gasteiger partial charge >= 0.3 is 0 Å². The number of rotatable bonds is 6. The largest absolute Gasteiger partial charge is 0.487 e. The van der Waals surface area contributed by atoms with Crippen molar-refractivity contribution in [3.8, 4) is 5.75 Å². The van der Waals surface area contributed by atoms with Crippen LogP contribution in [0.5, 0.6) is 5.75 Å². The number of para-hydroxylation sites is 1. The number of hydrogen-bond acceptors (Lipinski definition) is 4. The lowest BCUT2D eigenvalue weighted by Crippen LogP contribution is -2.59. The van der Waals surface area contributed by atoms with Gasteiger partial charge in [-0.1, -0.05) is 18.2 Å². The molecule has 2 aromatic rings. The van der Waals surface area contributed by atoms with Gasteiger partial charge in [0.2, 0.25) is 5.91 Å². The summed E-state index contributed by atoms with van der Waals surface area (Å²) in [5.41, 5.74) is 1.90. The molecule has 1 N–H and O–H groups in total. The number of nitrogens with one attached hydrogen (secondary N) is 1. The van der Waals surface area contributed by atoms with Gasteiger partial charge < -0.3 is 10.1 Å². The molecule has 4 aliphatic rings. The highest BCUT2D eigenvalue weighted by atomic mass is 32.1. The summed E-state index contributed by atoms with van der Waals surface area (Å²) < 4.78 is 5.96. The Kier molecular flexibility index (Phi) is 4.94. The van der Waals surface area contributed by atoms with Crippen LogP contribution in [0.25, 0.3) is 6.08 Å². The first-order chi connectivity index (χ1) is 14.1. The summed E-state index contributed by atoms with van der Waals surface area (Å²) in [6.45, 7) is 2.43. The maximum Gasteiger partial charge on any atom is 0.244 e. The van der Waals surface area contributed by atoms with Crippen LogP contribution in [0.3, 0.4) is 0 Å². The lowest BCUT2D eigenvalue weighted by Gasteiger charge is -2.56. The van der Waals surface area contributed by atoms with E-state index in [0.29, 0.717) is 6.61 Å². The molecule has 4 nitrogen and oxygen atoms in total. The minimum Gasteiger partial charge on any atom is -0.487 e. The van der Waals surface area contributed by atoms with Gasteiger partial charge in [-0.05, 0) is 75.3 Å². The van der Waals surface area contributed by atoms with Gasteiger partial charge in [-0.3, -0.25) is 4.79 Å². The van der Waals surface area contributed by atoms with Gasteiger partial charge in [-0.15, -0.1) is 11.3 Å². The van der Waals surface area contributed by atoms with E-state index in [4.69, 9.17) is 4.74 Å². The summed E-state index contributed by atoms with van der Waals surface area (Å²) in [6.07, 6.45) is 11.2. The van der Waals surface area contributed by atoms with Crippen LogP contribution in [0.2, 0.25) is 0 Å². The van der Waals surface area contributed by atoms with Crippen LogP contribution in [0.1, 0.15) is 54.8 Å². The number of hydrogen-bond donors (Lipinski definition) is 1. The van der Waals surface area contributed by atoms with Crippen molar-refractivity contribution in [2.75, 3.05) is 0 Å². The molecule has 0 saturated heterocycles. The van der Waals surface area contributed by atoms with E-state index in [1.807, 2.05) is 42.6 Å². The van der Waals surface area contributed by atoms with Crippen LogP contribution in [0, 0.1) is 24.7 Å². The topological polar surface area (TPSA) is 51.2 Å². The Morgan fingerprint density at radius 3 is 2.55 bits per heavy atom. The van der Waals surface area contributed by atoms with Crippen LogP contribution in [0.4, 0.5) is 0 Å². The van der Waals surface area contributed by atoms with Gasteiger partial charge in [-0.2, -0.15) is 0 Å². The second kappa shape index (κ2) is 7.60. The van der Waals surface area contributed by atoms with Crippen LogP contribution in [-0.2, 0) is 11.4 Å². The van der Waals surface area contributed by atoms with Crippen molar-refractivity contribution in [2.24, 2.45) is 17.8 Å². The first-order valence-corrected chi connectivity index (χ1v) is 11.6.